The van der Waals surface area contributed by atoms with E-state index in [1.807, 2.05) is 24.4 Å². The van der Waals surface area contributed by atoms with Crippen molar-refractivity contribution in [2.45, 2.75) is 27.7 Å². The predicted octanol–water partition coefficient (Wildman–Crippen LogP) is 4.51. The second-order valence-electron chi connectivity index (χ2n) is 5.13. The maximum Gasteiger partial charge on any atom is 0.221 e. The molecule has 2 rings (SSSR count). The highest BCUT2D eigenvalue weighted by molar-refractivity contribution is 8.21. The number of carbonyl (C=O) groups excluding carboxylic acids is 1. The molecule has 2 N–H and O–H groups in total. The van der Waals surface area contributed by atoms with E-state index in [0.717, 1.165) is 28.8 Å². The summed E-state index contributed by atoms with van der Waals surface area (Å²) >= 11 is 3.22. The Bertz CT molecular complexity index is 660. The molecule has 0 radical (unpaired) electrons. The Kier molecular flexibility index (Phi) is 7.45. The first-order valence-electron chi connectivity index (χ1n) is 8.22. The van der Waals surface area contributed by atoms with Crippen LogP contribution in [0.5, 0.6) is 0 Å². The van der Waals surface area contributed by atoms with Gasteiger partial charge in [0.05, 0.1) is 9.92 Å². The summed E-state index contributed by atoms with van der Waals surface area (Å²) in [4.78, 5) is 13.7. The number of anilines is 2. The summed E-state index contributed by atoms with van der Waals surface area (Å²) in [6.45, 7) is 9.59. The van der Waals surface area contributed by atoms with Crippen molar-refractivity contribution in [3.63, 3.8) is 0 Å². The van der Waals surface area contributed by atoms with E-state index in [9.17, 15) is 4.79 Å². The van der Waals surface area contributed by atoms with Crippen LogP contribution in [0.1, 0.15) is 27.7 Å². The number of hydrogen-bond donors (Lipinski definition) is 2. The largest absolute Gasteiger partial charge is 0.372 e. The van der Waals surface area contributed by atoms with Gasteiger partial charge in [0.1, 0.15) is 5.69 Å². The molecule has 1 aliphatic heterocycles. The molecule has 0 saturated heterocycles. The molecule has 7 nitrogen and oxygen atoms in total. The van der Waals surface area contributed by atoms with E-state index in [4.69, 9.17) is 0 Å². The molecule has 1 heterocycles. The van der Waals surface area contributed by atoms with Crippen LogP contribution in [0.2, 0.25) is 0 Å². The first kappa shape index (κ1) is 19.5. The van der Waals surface area contributed by atoms with Gasteiger partial charge in [0, 0.05) is 43.8 Å². The fourth-order valence-electron chi connectivity index (χ4n) is 2.28. The number of nitrogens with one attached hydrogen (secondary N) is 2. The highest BCUT2D eigenvalue weighted by atomic mass is 32.2. The van der Waals surface area contributed by atoms with Gasteiger partial charge in [-0.15, -0.1) is 21.4 Å². The molecular weight excluding hydrogens is 356 g/mol. The Hall–Kier alpha value is -1.87. The van der Waals surface area contributed by atoms with Gasteiger partial charge in [0.15, 0.2) is 0 Å². The first-order chi connectivity index (χ1) is 12.1. The zero-order valence-electron chi connectivity index (χ0n) is 14.9. The van der Waals surface area contributed by atoms with Crippen LogP contribution in [-0.2, 0) is 4.79 Å². The molecule has 1 aromatic carbocycles. The van der Waals surface area contributed by atoms with Crippen molar-refractivity contribution in [3.05, 3.63) is 28.6 Å². The maximum absolute atomic E-state index is 11.5. The van der Waals surface area contributed by atoms with E-state index < -0.39 is 0 Å². The Balaban J connectivity index is 2.16. The standard InChI is InChI=1S/C16H24N6OS2/c1-5-21(6-2)13-8-9-14(15(10-13)18-12(4)23)19-20-22-17-11-16(25-22)24-7-3/h8-11,17H,5-7H2,1-4H3,(H,18,23)/b20-19+. The SMILES string of the molecule is CCSC1=CNN(/N=N/c2ccc(N(CC)CC)cc2NC(C)=O)S1. The first-order valence-corrected chi connectivity index (χ1v) is 9.98. The third-order valence-corrected chi connectivity index (χ3v) is 5.33. The molecule has 0 fully saturated rings. The van der Waals surface area contributed by atoms with Crippen molar-refractivity contribution in [3.8, 4) is 0 Å². The van der Waals surface area contributed by atoms with Crippen molar-refractivity contribution < 1.29 is 4.79 Å². The fourth-order valence-corrected chi connectivity index (χ4v) is 3.93. The van der Waals surface area contributed by atoms with Crippen molar-refractivity contribution >= 4 is 46.7 Å². The van der Waals surface area contributed by atoms with E-state index in [1.54, 1.807) is 16.3 Å². The molecule has 0 spiro atoms. The number of amides is 1. The second-order valence-corrected chi connectivity index (χ2v) is 7.67. The number of rotatable bonds is 8. The highest BCUT2D eigenvalue weighted by Gasteiger charge is 2.14. The van der Waals surface area contributed by atoms with E-state index in [0.29, 0.717) is 11.4 Å². The third kappa shape index (κ3) is 5.57. The summed E-state index contributed by atoms with van der Waals surface area (Å²) in [5.74, 6) is 0.871. The topological polar surface area (TPSA) is 72.3 Å². The van der Waals surface area contributed by atoms with Gasteiger partial charge in [0.25, 0.3) is 0 Å². The van der Waals surface area contributed by atoms with E-state index in [2.05, 4.69) is 46.8 Å². The fraction of sp³-hybridized carbons (Fsp3) is 0.438. The summed E-state index contributed by atoms with van der Waals surface area (Å²) in [5, 5.41) is 11.3. The van der Waals surface area contributed by atoms with E-state index in [1.165, 1.54) is 18.9 Å². The Morgan fingerprint density at radius 3 is 2.76 bits per heavy atom. The molecule has 1 aromatic rings. The Labute approximate surface area is 157 Å². The van der Waals surface area contributed by atoms with Crippen LogP contribution in [-0.4, -0.2) is 29.3 Å². The molecule has 0 saturated carbocycles. The number of hydrogen-bond acceptors (Lipinski definition) is 7. The van der Waals surface area contributed by atoms with E-state index in [-0.39, 0.29) is 5.91 Å². The quantitative estimate of drug-likeness (QED) is 0.511. The van der Waals surface area contributed by atoms with Crippen LogP contribution in [0.15, 0.2) is 39.0 Å². The van der Waals surface area contributed by atoms with Crippen LogP contribution >= 0.6 is 23.7 Å². The monoisotopic (exact) mass is 380 g/mol. The minimum atomic E-state index is -0.134. The van der Waals surface area contributed by atoms with Crippen molar-refractivity contribution in [2.75, 3.05) is 29.1 Å². The highest BCUT2D eigenvalue weighted by Crippen LogP contribution is 2.35. The van der Waals surface area contributed by atoms with Gasteiger partial charge in [-0.1, -0.05) is 6.92 Å². The van der Waals surface area contributed by atoms with Gasteiger partial charge >= 0.3 is 0 Å². The lowest BCUT2D eigenvalue weighted by atomic mass is 10.2. The molecule has 1 amide bonds. The van der Waals surface area contributed by atoms with E-state index >= 15 is 0 Å². The minimum Gasteiger partial charge on any atom is -0.372 e. The number of nitrogens with zero attached hydrogens (tertiary/aromatic N) is 4. The molecule has 0 aliphatic carbocycles. The van der Waals surface area contributed by atoms with Crippen molar-refractivity contribution in [1.82, 2.24) is 9.95 Å². The average molecular weight is 381 g/mol. The number of thioether (sulfide) groups is 1. The summed E-state index contributed by atoms with van der Waals surface area (Å²) < 4.78 is 2.73. The second kappa shape index (κ2) is 9.57. The zero-order chi connectivity index (χ0) is 18.2. The number of carbonyl (C=O) groups is 1. The maximum atomic E-state index is 11.5. The molecule has 0 unspecified atom stereocenters. The molecule has 0 bridgehead atoms. The van der Waals surface area contributed by atoms with Gasteiger partial charge in [-0.05, 0) is 43.0 Å². The number of benzene rings is 1. The average Bonchev–Trinajstić information content (AvgIpc) is 3.02. The van der Waals surface area contributed by atoms with Crippen LogP contribution < -0.4 is 15.6 Å². The van der Waals surface area contributed by atoms with Crippen LogP contribution in [0.3, 0.4) is 0 Å². The third-order valence-electron chi connectivity index (χ3n) is 3.41. The Morgan fingerprint density at radius 1 is 1.36 bits per heavy atom. The van der Waals surface area contributed by atoms with Gasteiger partial charge in [0.2, 0.25) is 5.91 Å². The summed E-state index contributed by atoms with van der Waals surface area (Å²) in [7, 11) is 0. The molecule has 0 atom stereocenters. The van der Waals surface area contributed by atoms with Crippen LogP contribution in [0, 0.1) is 0 Å². The van der Waals surface area contributed by atoms with Crippen LogP contribution in [0.4, 0.5) is 17.1 Å². The summed E-state index contributed by atoms with van der Waals surface area (Å²) in [6.07, 6.45) is 1.90. The predicted molar refractivity (Wildman–Crippen MR) is 108 cm³/mol. The molecular formula is C16H24N6OS2. The molecule has 0 aromatic heterocycles. The number of hydrazine groups is 1. The summed E-state index contributed by atoms with van der Waals surface area (Å²) in [6, 6.07) is 5.80. The molecule has 136 valence electrons. The minimum absolute atomic E-state index is 0.134. The van der Waals surface area contributed by atoms with Gasteiger partial charge in [-0.2, -0.15) is 0 Å². The molecule has 1 aliphatic rings. The van der Waals surface area contributed by atoms with Crippen LogP contribution in [0.25, 0.3) is 0 Å². The lowest BCUT2D eigenvalue weighted by Crippen LogP contribution is -2.22. The summed E-state index contributed by atoms with van der Waals surface area (Å²) in [5.41, 5.74) is 5.34. The van der Waals surface area contributed by atoms with Crippen molar-refractivity contribution in [1.29, 1.82) is 0 Å². The molecule has 9 heteroatoms. The van der Waals surface area contributed by atoms with Gasteiger partial charge in [-0.3, -0.25) is 10.2 Å². The van der Waals surface area contributed by atoms with Gasteiger partial charge in [-0.25, -0.2) is 0 Å². The lowest BCUT2D eigenvalue weighted by Gasteiger charge is -2.22. The Morgan fingerprint density at radius 2 is 2.12 bits per heavy atom. The van der Waals surface area contributed by atoms with Gasteiger partial charge < -0.3 is 10.2 Å². The zero-order valence-corrected chi connectivity index (χ0v) is 16.6. The smallest absolute Gasteiger partial charge is 0.221 e. The normalized spacial score (nSPS) is 13.8. The molecule has 25 heavy (non-hydrogen) atoms. The van der Waals surface area contributed by atoms with Crippen molar-refractivity contribution in [2.24, 2.45) is 10.3 Å². The lowest BCUT2D eigenvalue weighted by molar-refractivity contribution is -0.114.